The average molecular weight is 319 g/mol. The Morgan fingerprint density at radius 2 is 2.00 bits per heavy atom. The van der Waals surface area contributed by atoms with Crippen molar-refractivity contribution in [3.05, 3.63) is 29.3 Å². The van der Waals surface area contributed by atoms with Gasteiger partial charge in [-0.15, -0.1) is 5.06 Å². The van der Waals surface area contributed by atoms with Crippen LogP contribution in [0.3, 0.4) is 0 Å². The molecule has 2 N–H and O–H groups in total. The molecule has 6 heteroatoms. The molecule has 0 bridgehead atoms. The van der Waals surface area contributed by atoms with Gasteiger partial charge < -0.3 is 15.5 Å². The monoisotopic (exact) mass is 319 g/mol. The molecule has 0 saturated carbocycles. The highest BCUT2D eigenvalue weighted by Crippen LogP contribution is 2.19. The number of nitrogens with zero attached hydrogens (tertiary/aromatic N) is 2. The highest BCUT2D eigenvalue weighted by Gasteiger charge is 2.30. The smallest absolute Gasteiger partial charge is 0.330 e. The third-order valence-electron chi connectivity index (χ3n) is 3.84. The molecule has 0 aliphatic carbocycles. The summed E-state index contributed by atoms with van der Waals surface area (Å²) < 4.78 is 0. The Morgan fingerprint density at radius 3 is 2.61 bits per heavy atom. The molecule has 6 nitrogen and oxygen atoms in total. The zero-order chi connectivity index (χ0) is 17.2. The molecular formula is C17H25N3O3. The van der Waals surface area contributed by atoms with Crippen molar-refractivity contribution in [1.82, 2.24) is 9.96 Å². The van der Waals surface area contributed by atoms with E-state index in [0.29, 0.717) is 25.3 Å². The van der Waals surface area contributed by atoms with Gasteiger partial charge in [0.25, 0.3) is 0 Å². The van der Waals surface area contributed by atoms with Crippen LogP contribution in [0.1, 0.15) is 31.9 Å². The summed E-state index contributed by atoms with van der Waals surface area (Å²) in [5.41, 5.74) is 8.07. The van der Waals surface area contributed by atoms with Crippen molar-refractivity contribution in [3.8, 4) is 0 Å². The second-order valence-electron chi connectivity index (χ2n) is 6.99. The molecule has 1 heterocycles. The van der Waals surface area contributed by atoms with E-state index in [2.05, 4.69) is 0 Å². The van der Waals surface area contributed by atoms with Crippen molar-refractivity contribution in [2.45, 2.75) is 34.2 Å². The molecule has 1 saturated heterocycles. The Balaban J connectivity index is 1.95. The number of hydroxylamine groups is 2. The van der Waals surface area contributed by atoms with Gasteiger partial charge in [0.2, 0.25) is 5.91 Å². The van der Waals surface area contributed by atoms with Crippen LogP contribution in [0.2, 0.25) is 0 Å². The minimum Gasteiger partial charge on any atom is -0.399 e. The summed E-state index contributed by atoms with van der Waals surface area (Å²) in [5.74, 6) is -0.384. The summed E-state index contributed by atoms with van der Waals surface area (Å²) in [7, 11) is 0. The summed E-state index contributed by atoms with van der Waals surface area (Å²) in [6.07, 6.45) is 0. The van der Waals surface area contributed by atoms with E-state index in [-0.39, 0.29) is 18.4 Å². The van der Waals surface area contributed by atoms with Gasteiger partial charge in [-0.1, -0.05) is 6.07 Å². The van der Waals surface area contributed by atoms with Crippen LogP contribution in [0, 0.1) is 12.3 Å². The van der Waals surface area contributed by atoms with Crippen LogP contribution in [0.5, 0.6) is 0 Å². The zero-order valence-electron chi connectivity index (χ0n) is 14.3. The van der Waals surface area contributed by atoms with Crippen LogP contribution in [-0.4, -0.2) is 41.5 Å². The first kappa shape index (κ1) is 17.3. The molecule has 0 aromatic heterocycles. The molecule has 0 unspecified atom stereocenters. The number of anilines is 1. The Morgan fingerprint density at radius 1 is 1.30 bits per heavy atom. The fraction of sp³-hybridized carbons (Fsp3) is 0.529. The molecule has 126 valence electrons. The van der Waals surface area contributed by atoms with Gasteiger partial charge in [-0.2, -0.15) is 0 Å². The molecule has 1 fully saturated rings. The van der Waals surface area contributed by atoms with Crippen LogP contribution < -0.4 is 5.73 Å². The number of aryl methyl sites for hydroxylation is 1. The topological polar surface area (TPSA) is 75.9 Å². The number of carbonyl (C=O) groups excluding carboxylic acids is 2. The number of carbonyl (C=O) groups is 2. The number of hydrogen-bond acceptors (Lipinski definition) is 5. The van der Waals surface area contributed by atoms with E-state index >= 15 is 0 Å². The molecule has 0 spiro atoms. The lowest BCUT2D eigenvalue weighted by Gasteiger charge is -2.34. The molecule has 2 rings (SSSR count). The van der Waals surface area contributed by atoms with Crippen LogP contribution in [0.25, 0.3) is 0 Å². The quantitative estimate of drug-likeness (QED) is 0.859. The molecule has 1 aromatic rings. The summed E-state index contributed by atoms with van der Waals surface area (Å²) in [4.78, 5) is 31.3. The van der Waals surface area contributed by atoms with Gasteiger partial charge >= 0.3 is 5.97 Å². The second-order valence-corrected chi connectivity index (χ2v) is 6.99. The Labute approximate surface area is 137 Å². The fourth-order valence-corrected chi connectivity index (χ4v) is 2.25. The predicted molar refractivity (Wildman–Crippen MR) is 88.1 cm³/mol. The molecule has 1 aliphatic rings. The summed E-state index contributed by atoms with van der Waals surface area (Å²) in [6, 6.07) is 5.70. The summed E-state index contributed by atoms with van der Waals surface area (Å²) >= 11 is 0. The standard InChI is InChI=1S/C17H25N3O3/c1-12-5-6-14(18)9-13(12)10-19-7-8-20(11-15(19)21)23-16(22)17(2,3)4/h5-6,9H,7-8,10-11,18H2,1-4H3. The van der Waals surface area contributed by atoms with Crippen LogP contribution in [0.15, 0.2) is 18.2 Å². The molecule has 1 amide bonds. The van der Waals surface area contributed by atoms with Crippen molar-refractivity contribution in [2.75, 3.05) is 25.4 Å². The fourth-order valence-electron chi connectivity index (χ4n) is 2.25. The molecular weight excluding hydrogens is 294 g/mol. The first-order valence-electron chi connectivity index (χ1n) is 7.77. The van der Waals surface area contributed by atoms with Crippen molar-refractivity contribution in [1.29, 1.82) is 0 Å². The number of amides is 1. The van der Waals surface area contributed by atoms with E-state index in [1.54, 1.807) is 25.7 Å². The van der Waals surface area contributed by atoms with Crippen molar-refractivity contribution >= 4 is 17.6 Å². The Kier molecular flexibility index (Phi) is 4.94. The third kappa shape index (κ3) is 4.45. The van der Waals surface area contributed by atoms with Gasteiger partial charge in [-0.3, -0.25) is 4.79 Å². The molecule has 1 aromatic carbocycles. The van der Waals surface area contributed by atoms with Crippen LogP contribution in [-0.2, 0) is 21.0 Å². The van der Waals surface area contributed by atoms with E-state index in [1.165, 1.54) is 5.06 Å². The van der Waals surface area contributed by atoms with Gasteiger partial charge in [0, 0.05) is 18.8 Å². The number of hydrogen-bond donors (Lipinski definition) is 1. The van der Waals surface area contributed by atoms with Gasteiger partial charge in [0.05, 0.1) is 12.0 Å². The normalized spacial score (nSPS) is 16.5. The molecule has 0 atom stereocenters. The highest BCUT2D eigenvalue weighted by atomic mass is 16.7. The maximum atomic E-state index is 12.3. The minimum atomic E-state index is -0.584. The first-order valence-corrected chi connectivity index (χ1v) is 7.77. The number of piperazine rings is 1. The molecule has 23 heavy (non-hydrogen) atoms. The van der Waals surface area contributed by atoms with Gasteiger partial charge in [0.1, 0.15) is 6.54 Å². The largest absolute Gasteiger partial charge is 0.399 e. The first-order chi connectivity index (χ1) is 10.7. The number of nitrogens with two attached hydrogens (primary N) is 1. The van der Waals surface area contributed by atoms with Crippen molar-refractivity contribution < 1.29 is 14.4 Å². The lowest BCUT2D eigenvalue weighted by molar-refractivity contribution is -0.208. The number of nitrogen functional groups attached to an aromatic ring is 1. The second kappa shape index (κ2) is 6.58. The lowest BCUT2D eigenvalue weighted by atomic mass is 9.98. The highest BCUT2D eigenvalue weighted by molar-refractivity contribution is 5.80. The van der Waals surface area contributed by atoms with Gasteiger partial charge in [-0.05, 0) is 51.0 Å². The Bertz CT molecular complexity index is 608. The SMILES string of the molecule is Cc1ccc(N)cc1CN1CCN(OC(=O)C(C)(C)C)CC1=O. The summed E-state index contributed by atoms with van der Waals surface area (Å²) in [5, 5.41) is 1.44. The molecule has 0 radical (unpaired) electrons. The van der Waals surface area contributed by atoms with Crippen LogP contribution in [0.4, 0.5) is 5.69 Å². The predicted octanol–water partition coefficient (Wildman–Crippen LogP) is 1.73. The van der Waals surface area contributed by atoms with E-state index in [1.807, 2.05) is 25.1 Å². The van der Waals surface area contributed by atoms with Gasteiger partial charge in [0.15, 0.2) is 0 Å². The third-order valence-corrected chi connectivity index (χ3v) is 3.84. The van der Waals surface area contributed by atoms with Gasteiger partial charge in [-0.25, -0.2) is 4.79 Å². The Hall–Kier alpha value is -2.08. The minimum absolute atomic E-state index is 0.0558. The van der Waals surface area contributed by atoms with Crippen molar-refractivity contribution in [2.24, 2.45) is 5.41 Å². The maximum absolute atomic E-state index is 12.3. The van der Waals surface area contributed by atoms with E-state index in [0.717, 1.165) is 11.1 Å². The summed E-state index contributed by atoms with van der Waals surface area (Å²) in [6.45, 7) is 9.00. The number of rotatable bonds is 3. The van der Waals surface area contributed by atoms with Crippen LogP contribution >= 0.6 is 0 Å². The van der Waals surface area contributed by atoms with E-state index in [9.17, 15) is 9.59 Å². The van der Waals surface area contributed by atoms with E-state index in [4.69, 9.17) is 10.6 Å². The number of benzene rings is 1. The maximum Gasteiger partial charge on any atom is 0.330 e. The zero-order valence-corrected chi connectivity index (χ0v) is 14.3. The molecule has 1 aliphatic heterocycles. The lowest BCUT2D eigenvalue weighted by Crippen LogP contribution is -2.51. The van der Waals surface area contributed by atoms with Crippen molar-refractivity contribution in [3.63, 3.8) is 0 Å². The van der Waals surface area contributed by atoms with E-state index < -0.39 is 5.41 Å². The average Bonchev–Trinajstić information content (AvgIpc) is 2.44.